The molecule has 0 unspecified atom stereocenters. The quantitative estimate of drug-likeness (QED) is 0.706. The molecule has 1 aromatic carbocycles. The molecule has 0 saturated carbocycles. The zero-order valence-electron chi connectivity index (χ0n) is 9.52. The van der Waals surface area contributed by atoms with E-state index in [9.17, 15) is 4.79 Å². The number of nitriles is 1. The zero-order chi connectivity index (χ0) is 11.8. The smallest absolute Gasteiger partial charge is 0.223 e. The molecule has 0 aliphatic rings. The molecule has 0 fully saturated rings. The minimum absolute atomic E-state index is 0.0393. The number of nitrogens with zero attached hydrogens (tertiary/aromatic N) is 2. The van der Waals surface area contributed by atoms with Crippen LogP contribution < -0.4 is 0 Å². The highest BCUT2D eigenvalue weighted by atomic mass is 16.2. The van der Waals surface area contributed by atoms with E-state index in [2.05, 4.69) is 12.1 Å². The Hall–Kier alpha value is -1.82. The SMILES string of the molecule is CN(CC#N)C(=O)CCCc1ccccc1. The number of carbonyl (C=O) groups excluding carboxylic acids is 1. The molecule has 0 saturated heterocycles. The summed E-state index contributed by atoms with van der Waals surface area (Å²) < 4.78 is 0. The lowest BCUT2D eigenvalue weighted by molar-refractivity contribution is -0.129. The second-order valence-corrected chi connectivity index (χ2v) is 3.75. The topological polar surface area (TPSA) is 44.1 Å². The van der Waals surface area contributed by atoms with Gasteiger partial charge in [-0.3, -0.25) is 4.79 Å². The van der Waals surface area contributed by atoms with Crippen molar-refractivity contribution >= 4 is 5.91 Å². The Bertz CT molecular complexity index is 367. The third-order valence-electron chi connectivity index (χ3n) is 2.43. The normalized spacial score (nSPS) is 9.50. The lowest BCUT2D eigenvalue weighted by atomic mass is 10.1. The Morgan fingerprint density at radius 1 is 1.38 bits per heavy atom. The molecule has 0 atom stereocenters. The summed E-state index contributed by atoms with van der Waals surface area (Å²) in [6, 6.07) is 12.1. The Labute approximate surface area is 96.3 Å². The van der Waals surface area contributed by atoms with Gasteiger partial charge in [-0.25, -0.2) is 0 Å². The molecule has 0 bridgehead atoms. The number of amides is 1. The summed E-state index contributed by atoms with van der Waals surface area (Å²) in [4.78, 5) is 13.0. The molecule has 0 radical (unpaired) electrons. The second-order valence-electron chi connectivity index (χ2n) is 3.75. The van der Waals surface area contributed by atoms with Crippen LogP contribution in [0.25, 0.3) is 0 Å². The Morgan fingerprint density at radius 3 is 2.69 bits per heavy atom. The average Bonchev–Trinajstić information content (AvgIpc) is 2.30. The maximum absolute atomic E-state index is 11.5. The van der Waals surface area contributed by atoms with Crippen LogP contribution in [-0.2, 0) is 11.2 Å². The summed E-state index contributed by atoms with van der Waals surface area (Å²) >= 11 is 0. The summed E-state index contributed by atoms with van der Waals surface area (Å²) in [5.74, 6) is 0.0393. The number of hydrogen-bond acceptors (Lipinski definition) is 2. The van der Waals surface area contributed by atoms with Crippen LogP contribution in [0.5, 0.6) is 0 Å². The van der Waals surface area contributed by atoms with Gasteiger partial charge in [-0.1, -0.05) is 30.3 Å². The third-order valence-corrected chi connectivity index (χ3v) is 2.43. The highest BCUT2D eigenvalue weighted by molar-refractivity contribution is 5.76. The number of carbonyl (C=O) groups is 1. The minimum atomic E-state index is 0.0393. The molecular formula is C13H16N2O. The van der Waals surface area contributed by atoms with Crippen LogP contribution in [0.4, 0.5) is 0 Å². The molecule has 1 aromatic rings. The fourth-order valence-corrected chi connectivity index (χ4v) is 1.47. The molecular weight excluding hydrogens is 200 g/mol. The Morgan fingerprint density at radius 2 is 2.06 bits per heavy atom. The van der Waals surface area contributed by atoms with Gasteiger partial charge in [-0.15, -0.1) is 0 Å². The number of benzene rings is 1. The van der Waals surface area contributed by atoms with Crippen molar-refractivity contribution in [3.63, 3.8) is 0 Å². The third kappa shape index (κ3) is 4.14. The monoisotopic (exact) mass is 216 g/mol. The van der Waals surface area contributed by atoms with E-state index in [1.54, 1.807) is 7.05 Å². The fraction of sp³-hybridized carbons (Fsp3) is 0.385. The van der Waals surface area contributed by atoms with Gasteiger partial charge in [0.1, 0.15) is 6.54 Å². The molecule has 0 N–H and O–H groups in total. The van der Waals surface area contributed by atoms with E-state index in [-0.39, 0.29) is 12.5 Å². The number of rotatable bonds is 5. The van der Waals surface area contributed by atoms with Crippen LogP contribution in [0, 0.1) is 11.3 Å². The van der Waals surface area contributed by atoms with Crippen LogP contribution >= 0.6 is 0 Å². The predicted molar refractivity (Wildman–Crippen MR) is 62.6 cm³/mol. The van der Waals surface area contributed by atoms with Crippen LogP contribution in [0.2, 0.25) is 0 Å². The first-order valence-corrected chi connectivity index (χ1v) is 5.39. The molecule has 3 heteroatoms. The zero-order valence-corrected chi connectivity index (χ0v) is 9.52. The summed E-state index contributed by atoms with van der Waals surface area (Å²) in [7, 11) is 1.66. The van der Waals surface area contributed by atoms with Crippen molar-refractivity contribution < 1.29 is 4.79 Å². The van der Waals surface area contributed by atoms with Crippen LogP contribution in [0.3, 0.4) is 0 Å². The lowest BCUT2D eigenvalue weighted by Crippen LogP contribution is -2.26. The van der Waals surface area contributed by atoms with Crippen molar-refractivity contribution in [2.45, 2.75) is 19.3 Å². The first-order valence-electron chi connectivity index (χ1n) is 5.39. The van der Waals surface area contributed by atoms with Gasteiger partial charge in [0.05, 0.1) is 6.07 Å². The van der Waals surface area contributed by atoms with Crippen molar-refractivity contribution in [1.82, 2.24) is 4.90 Å². The van der Waals surface area contributed by atoms with Crippen molar-refractivity contribution in [2.75, 3.05) is 13.6 Å². The Balaban J connectivity index is 2.26. The first-order chi connectivity index (χ1) is 7.74. The van der Waals surface area contributed by atoms with Gasteiger partial charge in [0, 0.05) is 13.5 Å². The second kappa shape index (κ2) is 6.62. The van der Waals surface area contributed by atoms with Crippen molar-refractivity contribution in [3.8, 4) is 6.07 Å². The molecule has 1 rings (SSSR count). The van der Waals surface area contributed by atoms with E-state index in [0.717, 1.165) is 12.8 Å². The summed E-state index contributed by atoms with van der Waals surface area (Å²) in [5, 5.41) is 8.45. The molecule has 0 heterocycles. The minimum Gasteiger partial charge on any atom is -0.332 e. The fourth-order valence-electron chi connectivity index (χ4n) is 1.47. The van der Waals surface area contributed by atoms with Crippen molar-refractivity contribution in [2.24, 2.45) is 0 Å². The molecule has 1 amide bonds. The van der Waals surface area contributed by atoms with Gasteiger partial charge >= 0.3 is 0 Å². The summed E-state index contributed by atoms with van der Waals surface area (Å²) in [6.45, 7) is 0.171. The number of aryl methyl sites for hydroxylation is 1. The highest BCUT2D eigenvalue weighted by Gasteiger charge is 2.06. The van der Waals surface area contributed by atoms with Gasteiger partial charge < -0.3 is 4.90 Å². The number of hydrogen-bond donors (Lipinski definition) is 0. The van der Waals surface area contributed by atoms with E-state index < -0.39 is 0 Å². The van der Waals surface area contributed by atoms with Gasteiger partial charge in [-0.05, 0) is 18.4 Å². The molecule has 0 aliphatic carbocycles. The maximum atomic E-state index is 11.5. The molecule has 84 valence electrons. The molecule has 0 aliphatic heterocycles. The van der Waals surface area contributed by atoms with Crippen molar-refractivity contribution in [1.29, 1.82) is 5.26 Å². The summed E-state index contributed by atoms with van der Waals surface area (Å²) in [6.07, 6.45) is 2.25. The standard InChI is InChI=1S/C13H16N2O/c1-15(11-10-14)13(16)9-5-8-12-6-3-2-4-7-12/h2-4,6-7H,5,8-9,11H2,1H3. The maximum Gasteiger partial charge on any atom is 0.223 e. The highest BCUT2D eigenvalue weighted by Crippen LogP contribution is 2.05. The summed E-state index contributed by atoms with van der Waals surface area (Å²) in [5.41, 5.74) is 1.25. The van der Waals surface area contributed by atoms with E-state index in [4.69, 9.17) is 5.26 Å². The molecule has 3 nitrogen and oxygen atoms in total. The average molecular weight is 216 g/mol. The van der Waals surface area contributed by atoms with Gasteiger partial charge in [-0.2, -0.15) is 5.26 Å². The van der Waals surface area contributed by atoms with E-state index >= 15 is 0 Å². The largest absolute Gasteiger partial charge is 0.332 e. The van der Waals surface area contributed by atoms with Crippen LogP contribution in [0.1, 0.15) is 18.4 Å². The van der Waals surface area contributed by atoms with E-state index in [0.29, 0.717) is 6.42 Å². The van der Waals surface area contributed by atoms with E-state index in [1.165, 1.54) is 10.5 Å². The predicted octanol–water partition coefficient (Wildman–Crippen LogP) is 1.99. The van der Waals surface area contributed by atoms with Crippen molar-refractivity contribution in [3.05, 3.63) is 35.9 Å². The van der Waals surface area contributed by atoms with E-state index in [1.807, 2.05) is 24.3 Å². The van der Waals surface area contributed by atoms with Gasteiger partial charge in [0.15, 0.2) is 0 Å². The molecule has 16 heavy (non-hydrogen) atoms. The van der Waals surface area contributed by atoms with Crippen LogP contribution in [0.15, 0.2) is 30.3 Å². The molecule has 0 aromatic heterocycles. The first kappa shape index (κ1) is 12.3. The van der Waals surface area contributed by atoms with Gasteiger partial charge in [0.25, 0.3) is 0 Å². The lowest BCUT2D eigenvalue weighted by Gasteiger charge is -2.12. The Kier molecular flexibility index (Phi) is 5.07. The van der Waals surface area contributed by atoms with Crippen LogP contribution in [-0.4, -0.2) is 24.4 Å². The van der Waals surface area contributed by atoms with Gasteiger partial charge in [0.2, 0.25) is 5.91 Å². The molecule has 0 spiro atoms.